The van der Waals surface area contributed by atoms with Gasteiger partial charge in [0.15, 0.2) is 0 Å². The monoisotopic (exact) mass is 375 g/mol. The highest BCUT2D eigenvalue weighted by molar-refractivity contribution is 5.17. The molecule has 0 saturated carbocycles. The first-order chi connectivity index (χ1) is 9.73. The molecule has 0 aromatic carbocycles. The van der Waals surface area contributed by atoms with Crippen LogP contribution >= 0.6 is 0 Å². The molecule has 136 valence electrons. The van der Waals surface area contributed by atoms with Crippen molar-refractivity contribution in [1.29, 1.82) is 0 Å². The third kappa shape index (κ3) is 2.62. The van der Waals surface area contributed by atoms with Crippen molar-refractivity contribution in [2.75, 3.05) is 0 Å². The van der Waals surface area contributed by atoms with Crippen molar-refractivity contribution in [2.24, 2.45) is 0 Å². The molecule has 1 aliphatic heterocycles. The Morgan fingerprint density at radius 3 is 1.30 bits per heavy atom. The molecule has 2 nitrogen and oxygen atoms in total. The first kappa shape index (κ1) is 19.8. The van der Waals surface area contributed by atoms with Crippen LogP contribution in [0, 0.1) is 0 Å². The summed E-state index contributed by atoms with van der Waals surface area (Å²) in [6, 6.07) is -20.6. The van der Waals surface area contributed by atoms with Crippen molar-refractivity contribution >= 4 is 0 Å². The van der Waals surface area contributed by atoms with Gasteiger partial charge in [-0.05, 0) is 0 Å². The highest BCUT2D eigenvalue weighted by Crippen LogP contribution is 2.60. The number of rotatable bonds is 2. The molecule has 15 heteroatoms. The summed E-state index contributed by atoms with van der Waals surface area (Å²) in [7, 11) is 0. The van der Waals surface area contributed by atoms with Gasteiger partial charge in [0.25, 0.3) is 0 Å². The van der Waals surface area contributed by atoms with E-state index in [1.165, 1.54) is 6.58 Å². The van der Waals surface area contributed by atoms with Crippen LogP contribution in [0.5, 0.6) is 0 Å². The smallest absolute Gasteiger partial charge is 0.243 e. The van der Waals surface area contributed by atoms with E-state index in [-0.39, 0.29) is 0 Å². The summed E-state index contributed by atoms with van der Waals surface area (Å²) < 4.78 is 168. The Morgan fingerprint density at radius 2 is 1.04 bits per heavy atom. The van der Waals surface area contributed by atoms with Gasteiger partial charge in [-0.1, -0.05) is 6.58 Å². The van der Waals surface area contributed by atoms with Crippen LogP contribution in [0.25, 0.3) is 0 Å². The Balaban J connectivity index is 3.64. The Hall–Kier alpha value is -1.25. The Kier molecular flexibility index (Phi) is 4.00. The molecular weight excluding hydrogens is 373 g/mol. The lowest BCUT2D eigenvalue weighted by atomic mass is 10.1. The second-order valence-corrected chi connectivity index (χ2v) is 4.07. The van der Waals surface area contributed by atoms with Crippen LogP contribution in [0.15, 0.2) is 12.2 Å². The predicted octanol–water partition coefficient (Wildman–Crippen LogP) is 4.40. The van der Waals surface area contributed by atoms with E-state index in [9.17, 15) is 57.1 Å². The minimum absolute atomic E-state index is 1.49. The summed E-state index contributed by atoms with van der Waals surface area (Å²) in [5.74, 6) is 0. The zero-order chi connectivity index (χ0) is 18.9. The number of nitrogens with zero attached hydrogens (tertiary/aromatic N) is 1. The fourth-order valence-electron chi connectivity index (χ4n) is 1.38. The SMILES string of the molecule is C=C(C(F)(F)F)C(F)(F)N1C(F)(F)C(F)(F)OC(F)(F)C1(F)F. The second kappa shape index (κ2) is 4.64. The maximum atomic E-state index is 13.3. The number of halogens is 13. The van der Waals surface area contributed by atoms with Crippen LogP contribution in [0.1, 0.15) is 0 Å². The molecule has 0 aromatic rings. The molecular formula is C8H2F13NO. The largest absolute Gasteiger partial charge is 0.439 e. The van der Waals surface area contributed by atoms with E-state index in [0.29, 0.717) is 0 Å². The van der Waals surface area contributed by atoms with Crippen molar-refractivity contribution in [3.05, 3.63) is 12.2 Å². The second-order valence-electron chi connectivity index (χ2n) is 4.07. The van der Waals surface area contributed by atoms with E-state index in [1.54, 1.807) is 0 Å². The molecule has 1 heterocycles. The van der Waals surface area contributed by atoms with Crippen molar-refractivity contribution in [3.8, 4) is 0 Å². The van der Waals surface area contributed by atoms with Crippen molar-refractivity contribution in [1.82, 2.24) is 4.90 Å². The van der Waals surface area contributed by atoms with E-state index in [0.717, 1.165) is 0 Å². The minimum Gasteiger partial charge on any atom is -0.243 e. The lowest BCUT2D eigenvalue weighted by Gasteiger charge is -2.49. The van der Waals surface area contributed by atoms with Gasteiger partial charge in [-0.25, -0.2) is 4.74 Å². The number of ether oxygens (including phenoxy) is 1. The summed E-state index contributed by atoms with van der Waals surface area (Å²) >= 11 is 0. The molecule has 1 fully saturated rings. The molecule has 0 spiro atoms. The molecule has 0 N–H and O–H groups in total. The van der Waals surface area contributed by atoms with E-state index >= 15 is 0 Å². The third-order valence-corrected chi connectivity index (χ3v) is 2.50. The summed E-state index contributed by atoms with van der Waals surface area (Å²) in [6.45, 7) is 1.49. The van der Waals surface area contributed by atoms with Crippen LogP contribution in [0.4, 0.5) is 57.1 Å². The fraction of sp³-hybridized carbons (Fsp3) is 0.750. The Morgan fingerprint density at radius 1 is 0.739 bits per heavy atom. The maximum Gasteiger partial charge on any atom is 0.439 e. The van der Waals surface area contributed by atoms with E-state index in [1.807, 2.05) is 4.74 Å². The van der Waals surface area contributed by atoms with E-state index in [4.69, 9.17) is 0 Å². The summed E-state index contributed by atoms with van der Waals surface area (Å²) in [4.78, 5) is -3.56. The van der Waals surface area contributed by atoms with Gasteiger partial charge in [-0.15, -0.1) is 4.90 Å². The zero-order valence-electron chi connectivity index (χ0n) is 9.98. The molecule has 0 aromatic heterocycles. The quantitative estimate of drug-likeness (QED) is 0.403. The van der Waals surface area contributed by atoms with Gasteiger partial charge in [0.2, 0.25) is 0 Å². The van der Waals surface area contributed by atoms with Crippen LogP contribution in [-0.4, -0.2) is 41.4 Å². The molecule has 0 radical (unpaired) electrons. The average Bonchev–Trinajstić information content (AvgIpc) is 2.21. The van der Waals surface area contributed by atoms with Gasteiger partial charge in [-0.3, -0.25) is 0 Å². The minimum atomic E-state index is -6.95. The van der Waals surface area contributed by atoms with E-state index in [2.05, 4.69) is 0 Å². The maximum absolute atomic E-state index is 13.3. The highest BCUT2D eigenvalue weighted by Gasteiger charge is 2.87. The lowest BCUT2D eigenvalue weighted by molar-refractivity contribution is -0.583. The standard InChI is InChI=1S/C8H2F13NO/c1-2(3(9,10)11)4(12,13)22-5(14,15)7(18,19)23-8(20,21)6(22,16)17/h1H2. The molecule has 0 aliphatic carbocycles. The molecule has 0 bridgehead atoms. The van der Waals surface area contributed by atoms with Crippen LogP contribution < -0.4 is 0 Å². The molecule has 1 aliphatic rings. The molecule has 0 unspecified atom stereocenters. The average molecular weight is 375 g/mol. The summed E-state index contributed by atoms with van der Waals surface area (Å²) in [5.41, 5.74) is -3.70. The summed E-state index contributed by atoms with van der Waals surface area (Å²) in [6.07, 6.45) is -19.7. The van der Waals surface area contributed by atoms with Gasteiger partial charge in [0, 0.05) is 0 Å². The lowest BCUT2D eigenvalue weighted by Crippen LogP contribution is -2.78. The zero-order valence-corrected chi connectivity index (χ0v) is 9.98. The van der Waals surface area contributed by atoms with Crippen LogP contribution in [0.3, 0.4) is 0 Å². The molecule has 1 saturated heterocycles. The van der Waals surface area contributed by atoms with Crippen LogP contribution in [0.2, 0.25) is 0 Å². The van der Waals surface area contributed by atoms with Gasteiger partial charge in [0.05, 0.1) is 0 Å². The van der Waals surface area contributed by atoms with Crippen LogP contribution in [-0.2, 0) is 4.74 Å². The van der Waals surface area contributed by atoms with Gasteiger partial charge >= 0.3 is 36.5 Å². The number of morpholine rings is 1. The first-order valence-electron chi connectivity index (χ1n) is 4.89. The summed E-state index contributed by atoms with van der Waals surface area (Å²) in [5, 5.41) is 0. The molecule has 0 atom stereocenters. The topological polar surface area (TPSA) is 12.5 Å². The Labute approximate surface area is 117 Å². The van der Waals surface area contributed by atoms with Gasteiger partial charge in [0.1, 0.15) is 5.57 Å². The number of hydrogen-bond acceptors (Lipinski definition) is 2. The van der Waals surface area contributed by atoms with E-state index < -0.39 is 47.0 Å². The predicted molar refractivity (Wildman–Crippen MR) is 42.9 cm³/mol. The normalized spacial score (nSPS) is 26.8. The van der Waals surface area contributed by atoms with Gasteiger partial charge < -0.3 is 0 Å². The number of hydrogen-bond donors (Lipinski definition) is 0. The van der Waals surface area contributed by atoms with Crippen molar-refractivity contribution in [2.45, 2.75) is 36.5 Å². The first-order valence-corrected chi connectivity index (χ1v) is 4.89. The molecule has 23 heavy (non-hydrogen) atoms. The highest BCUT2D eigenvalue weighted by atomic mass is 19.4. The number of alkyl halides is 13. The fourth-order valence-corrected chi connectivity index (χ4v) is 1.38. The third-order valence-electron chi connectivity index (χ3n) is 2.50. The molecule has 0 amide bonds. The van der Waals surface area contributed by atoms with Crippen molar-refractivity contribution < 1.29 is 61.8 Å². The Bertz CT molecular complexity index is 481. The molecule has 1 rings (SSSR count). The van der Waals surface area contributed by atoms with Gasteiger partial charge in [-0.2, -0.15) is 57.1 Å². The van der Waals surface area contributed by atoms with Crippen molar-refractivity contribution in [3.63, 3.8) is 0 Å².